The average molecular weight is 132 g/mol. The summed E-state index contributed by atoms with van der Waals surface area (Å²) in [5.74, 6) is 4.24. The van der Waals surface area contributed by atoms with Gasteiger partial charge in [0.25, 0.3) is 0 Å². The Morgan fingerprint density at radius 2 is 1.88 bits per heavy atom. The van der Waals surface area contributed by atoms with Gasteiger partial charge >= 0.3 is 14.5 Å². The minimum atomic E-state index is -0.871. The molecule has 0 radical (unpaired) electrons. The van der Waals surface area contributed by atoms with Crippen LogP contribution in [0.15, 0.2) is 0 Å². The van der Waals surface area contributed by atoms with Crippen molar-refractivity contribution in [2.75, 3.05) is 7.11 Å². The van der Waals surface area contributed by atoms with Crippen molar-refractivity contribution in [2.45, 2.75) is 24.8 Å². The van der Waals surface area contributed by atoms with Gasteiger partial charge in [-0.25, -0.2) is 0 Å². The van der Waals surface area contributed by atoms with E-state index in [-0.39, 0.29) is 6.29 Å². The van der Waals surface area contributed by atoms with Crippen LogP contribution in [-0.2, 0) is 8.53 Å². The van der Waals surface area contributed by atoms with Gasteiger partial charge in [0.15, 0.2) is 0 Å². The third-order valence-corrected chi connectivity index (χ3v) is 1.72. The third-order valence-electron chi connectivity index (χ3n) is 0.796. The van der Waals surface area contributed by atoms with Crippen molar-refractivity contribution in [3.63, 3.8) is 0 Å². The monoisotopic (exact) mass is 132 g/mol. The topological polar surface area (TPSA) is 18.5 Å². The summed E-state index contributed by atoms with van der Waals surface area (Å²) in [6.07, 6.45) is -0.0123. The summed E-state index contributed by atoms with van der Waals surface area (Å²) in [5.41, 5.74) is 0. The molecule has 1 atom stereocenters. The molecule has 0 rings (SSSR count). The summed E-state index contributed by atoms with van der Waals surface area (Å²) in [6, 6.07) is 0. The Labute approximate surface area is 55.5 Å². The second kappa shape index (κ2) is 4.34. The molecule has 8 heavy (non-hydrogen) atoms. The lowest BCUT2D eigenvalue weighted by atomic mass is 10.8. The fourth-order valence-electron chi connectivity index (χ4n) is 0.439. The summed E-state index contributed by atoms with van der Waals surface area (Å²) >= 11 is -0.871. The fourth-order valence-corrected chi connectivity index (χ4v) is 1.32. The van der Waals surface area contributed by atoms with E-state index in [0.717, 1.165) is 0 Å². The first-order chi connectivity index (χ1) is 3.66. The predicted octanol–water partition coefficient (Wildman–Crippen LogP) is 1.25. The van der Waals surface area contributed by atoms with Gasteiger partial charge in [-0.2, -0.15) is 0 Å². The van der Waals surface area contributed by atoms with E-state index >= 15 is 0 Å². The van der Waals surface area contributed by atoms with Crippen molar-refractivity contribution in [2.24, 2.45) is 0 Å². The molecule has 0 heterocycles. The number of rotatable bonds is 3. The quantitative estimate of drug-likeness (QED) is 0.425. The highest BCUT2D eigenvalue weighted by molar-refractivity contribution is 6.48. The molecule has 1 unspecified atom stereocenters. The zero-order valence-electron chi connectivity index (χ0n) is 5.97. The van der Waals surface area contributed by atoms with Crippen LogP contribution >= 0.6 is 0 Å². The molecule has 0 N–H and O–H groups in total. The normalized spacial score (nSPS) is 13.5. The molecule has 0 aliphatic heterocycles. The first-order valence-electron chi connectivity index (χ1n) is 2.85. The second-order valence-electron chi connectivity index (χ2n) is 1.99. The van der Waals surface area contributed by atoms with Gasteiger partial charge in [-0.1, -0.05) is 11.6 Å². The van der Waals surface area contributed by atoms with E-state index < -0.39 is 14.5 Å². The second-order valence-corrected chi connectivity index (χ2v) is 4.36. The highest BCUT2D eigenvalue weighted by Gasteiger charge is 2.07. The molecule has 0 aliphatic rings. The van der Waals surface area contributed by atoms with Crippen LogP contribution in [0.25, 0.3) is 0 Å². The minimum absolute atomic E-state index is 0.0123. The molecule has 48 valence electrons. The van der Waals surface area contributed by atoms with E-state index in [2.05, 4.69) is 11.6 Å². The van der Waals surface area contributed by atoms with Crippen molar-refractivity contribution >= 4 is 14.5 Å². The van der Waals surface area contributed by atoms with E-state index in [1.165, 1.54) is 0 Å². The lowest BCUT2D eigenvalue weighted by molar-refractivity contribution is -0.0399. The zero-order chi connectivity index (χ0) is 6.57. The first-order valence-corrected chi connectivity index (χ1v) is 5.63. The van der Waals surface area contributed by atoms with E-state index in [9.17, 15) is 0 Å². The van der Waals surface area contributed by atoms with E-state index in [1.54, 1.807) is 7.11 Å². The van der Waals surface area contributed by atoms with Gasteiger partial charge in [0, 0.05) is 7.11 Å². The molecular weight excluding hydrogens is 119 g/mol. The van der Waals surface area contributed by atoms with E-state index in [1.807, 2.05) is 6.92 Å². The molecule has 0 spiro atoms. The average Bonchev–Trinajstić information content (AvgIpc) is 1.65. The van der Waals surface area contributed by atoms with Crippen LogP contribution in [0, 0.1) is 0 Å². The third kappa shape index (κ3) is 4.61. The Bertz CT molecular complexity index is 56.4. The predicted molar refractivity (Wildman–Crippen MR) is 35.0 cm³/mol. The van der Waals surface area contributed by atoms with Crippen LogP contribution in [0.2, 0.25) is 11.6 Å². The molecule has 0 aliphatic carbocycles. The van der Waals surface area contributed by atoms with Gasteiger partial charge in [0.1, 0.15) is 6.29 Å². The number of hydrogen-bond acceptors (Lipinski definition) is 2. The summed E-state index contributed by atoms with van der Waals surface area (Å²) < 4.78 is 10.2. The first kappa shape index (κ1) is 8.45. The highest BCUT2D eigenvalue weighted by Crippen LogP contribution is 1.93. The zero-order valence-corrected chi connectivity index (χ0v) is 7.13. The molecule has 0 saturated carbocycles. The Kier molecular flexibility index (Phi) is 4.59. The molecule has 3 heteroatoms. The van der Waals surface area contributed by atoms with Gasteiger partial charge in [0.05, 0.1) is 0 Å². The van der Waals surface area contributed by atoms with Gasteiger partial charge in [-0.05, 0) is 6.92 Å². The van der Waals surface area contributed by atoms with Gasteiger partial charge in [-0.3, -0.25) is 0 Å². The summed E-state index contributed by atoms with van der Waals surface area (Å²) in [5, 5.41) is 0. The molecule has 0 aromatic rings. The largest absolute Gasteiger partial charge is 0.478 e. The smallest absolute Gasteiger partial charge is 0.455 e. The summed E-state index contributed by atoms with van der Waals surface area (Å²) in [6.45, 7) is 1.91. The molecule has 0 amide bonds. The number of hydrogen-bond donors (Lipinski definition) is 0. The molecule has 2 nitrogen and oxygen atoms in total. The van der Waals surface area contributed by atoms with Crippen LogP contribution in [0.4, 0.5) is 0 Å². The summed E-state index contributed by atoms with van der Waals surface area (Å²) in [7, 11) is 1.65. The molecule has 0 aromatic carbocycles. The van der Waals surface area contributed by atoms with Crippen molar-refractivity contribution in [3.05, 3.63) is 0 Å². The van der Waals surface area contributed by atoms with Gasteiger partial charge in [0.2, 0.25) is 0 Å². The molecule has 0 aromatic heterocycles. The Morgan fingerprint density at radius 3 is 2.00 bits per heavy atom. The molecule has 0 saturated heterocycles. The van der Waals surface area contributed by atoms with Gasteiger partial charge in [-0.15, -0.1) is 0 Å². The van der Waals surface area contributed by atoms with Crippen molar-refractivity contribution in [1.29, 1.82) is 0 Å². The van der Waals surface area contributed by atoms with Gasteiger partial charge < -0.3 is 8.53 Å². The SMILES string of the molecule is COC(C)[O][Al]([CH3])[CH3]. The lowest BCUT2D eigenvalue weighted by Gasteiger charge is -2.11. The maximum atomic E-state index is 5.32. The maximum absolute atomic E-state index is 5.32. The minimum Gasteiger partial charge on any atom is -0.478 e. The fraction of sp³-hybridized carbons (Fsp3) is 1.00. The molecule has 0 fully saturated rings. The van der Waals surface area contributed by atoms with Crippen LogP contribution in [0.5, 0.6) is 0 Å². The van der Waals surface area contributed by atoms with Crippen LogP contribution in [0.1, 0.15) is 6.92 Å². The van der Waals surface area contributed by atoms with Crippen LogP contribution in [-0.4, -0.2) is 27.9 Å². The molecular formula is C5H13AlO2. The van der Waals surface area contributed by atoms with E-state index in [0.29, 0.717) is 0 Å². The highest BCUT2D eigenvalue weighted by atomic mass is 27.2. The van der Waals surface area contributed by atoms with Crippen molar-refractivity contribution < 1.29 is 8.53 Å². The Morgan fingerprint density at radius 1 is 1.38 bits per heavy atom. The Balaban J connectivity index is 3.10. The van der Waals surface area contributed by atoms with Crippen molar-refractivity contribution in [1.82, 2.24) is 0 Å². The number of methoxy groups -OCH3 is 1. The standard InChI is InChI=1S/C3H7O2.2CH3.Al/c1-3(4)5-2;;;/h3H,1-2H3;2*1H3;/q-1;;;+1. The Hall–Kier alpha value is 0.452. The summed E-state index contributed by atoms with van der Waals surface area (Å²) in [4.78, 5) is 0. The number of ether oxygens (including phenoxy) is 1. The maximum Gasteiger partial charge on any atom is 0.455 e. The van der Waals surface area contributed by atoms with Crippen LogP contribution in [0.3, 0.4) is 0 Å². The van der Waals surface area contributed by atoms with Crippen molar-refractivity contribution in [3.8, 4) is 0 Å². The molecule has 0 bridgehead atoms. The van der Waals surface area contributed by atoms with E-state index in [4.69, 9.17) is 8.53 Å². The van der Waals surface area contributed by atoms with Crippen LogP contribution < -0.4 is 0 Å². The lowest BCUT2D eigenvalue weighted by Crippen LogP contribution is -2.18.